The molecule has 0 amide bonds. The van der Waals surface area contributed by atoms with Crippen LogP contribution in [-0.2, 0) is 4.74 Å². The lowest BCUT2D eigenvalue weighted by molar-refractivity contribution is 0.0606. The lowest BCUT2D eigenvalue weighted by Crippen LogP contribution is -1.96. The second-order valence-corrected chi connectivity index (χ2v) is 4.25. The molecular weight excluding hydrogens is 238 g/mol. The fraction of sp³-hybridized carbons (Fsp3) is 0.167. The zero-order valence-electron chi connectivity index (χ0n) is 9.47. The number of methoxy groups -OCH3 is 2. The molecule has 0 bridgehead atoms. The molecule has 1 aromatic carbocycles. The van der Waals surface area contributed by atoms with E-state index in [4.69, 9.17) is 4.74 Å². The molecule has 0 N–H and O–H groups in total. The number of carbonyl (C=O) groups excluding carboxylic acids is 1. The molecule has 2 rings (SSSR count). The third kappa shape index (κ3) is 2.29. The molecule has 0 radical (unpaired) electrons. The van der Waals surface area contributed by atoms with Crippen LogP contribution in [0.15, 0.2) is 30.5 Å². The molecule has 2 aromatic rings. The van der Waals surface area contributed by atoms with E-state index in [-0.39, 0.29) is 5.97 Å². The minimum atomic E-state index is -0.372. The van der Waals surface area contributed by atoms with Gasteiger partial charge in [0.25, 0.3) is 0 Å². The molecule has 0 aliphatic rings. The summed E-state index contributed by atoms with van der Waals surface area (Å²) >= 11 is 1.28. The number of aromatic nitrogens is 1. The second kappa shape index (κ2) is 4.97. The van der Waals surface area contributed by atoms with Crippen LogP contribution in [0.2, 0.25) is 0 Å². The first-order valence-corrected chi connectivity index (χ1v) is 5.75. The summed E-state index contributed by atoms with van der Waals surface area (Å²) in [6.07, 6.45) is 1.51. The Morgan fingerprint density at radius 3 is 2.76 bits per heavy atom. The molecule has 4 nitrogen and oxygen atoms in total. The van der Waals surface area contributed by atoms with Crippen molar-refractivity contribution in [2.75, 3.05) is 14.2 Å². The number of nitrogens with zero attached hydrogens (tertiary/aromatic N) is 1. The number of rotatable bonds is 3. The van der Waals surface area contributed by atoms with Crippen LogP contribution < -0.4 is 4.74 Å². The van der Waals surface area contributed by atoms with Gasteiger partial charge < -0.3 is 9.47 Å². The highest BCUT2D eigenvalue weighted by atomic mass is 32.1. The van der Waals surface area contributed by atoms with Gasteiger partial charge >= 0.3 is 5.97 Å². The van der Waals surface area contributed by atoms with Gasteiger partial charge in [-0.25, -0.2) is 9.78 Å². The molecule has 1 aromatic heterocycles. The lowest BCUT2D eigenvalue weighted by Gasteiger charge is -2.04. The van der Waals surface area contributed by atoms with Crippen molar-refractivity contribution in [1.29, 1.82) is 0 Å². The maximum absolute atomic E-state index is 11.3. The molecular formula is C12H11NO3S. The number of hydrogen-bond donors (Lipinski definition) is 0. The van der Waals surface area contributed by atoms with Gasteiger partial charge in [-0.05, 0) is 12.1 Å². The number of thiazole rings is 1. The van der Waals surface area contributed by atoms with Crippen molar-refractivity contribution in [3.05, 3.63) is 35.3 Å². The SMILES string of the molecule is COC(=O)c1cnc(-c2ccccc2OC)s1. The Kier molecular flexibility index (Phi) is 3.39. The molecule has 0 aliphatic carbocycles. The minimum absolute atomic E-state index is 0.372. The van der Waals surface area contributed by atoms with Crippen LogP contribution in [0.5, 0.6) is 5.75 Å². The van der Waals surface area contributed by atoms with Crippen LogP contribution in [0.25, 0.3) is 10.6 Å². The van der Waals surface area contributed by atoms with Crippen molar-refractivity contribution in [1.82, 2.24) is 4.98 Å². The van der Waals surface area contributed by atoms with Gasteiger partial charge in [-0.1, -0.05) is 12.1 Å². The first kappa shape index (κ1) is 11.6. The number of hydrogen-bond acceptors (Lipinski definition) is 5. The van der Waals surface area contributed by atoms with Crippen LogP contribution in [0.4, 0.5) is 0 Å². The highest BCUT2D eigenvalue weighted by molar-refractivity contribution is 7.16. The predicted octanol–water partition coefficient (Wildman–Crippen LogP) is 2.61. The molecule has 0 spiro atoms. The lowest BCUT2D eigenvalue weighted by atomic mass is 10.2. The number of esters is 1. The summed E-state index contributed by atoms with van der Waals surface area (Å²) in [7, 11) is 2.96. The van der Waals surface area contributed by atoms with Gasteiger partial charge in [-0.15, -0.1) is 11.3 Å². The van der Waals surface area contributed by atoms with Crippen molar-refractivity contribution in [3.8, 4) is 16.3 Å². The van der Waals surface area contributed by atoms with Crippen LogP contribution in [0.3, 0.4) is 0 Å². The quantitative estimate of drug-likeness (QED) is 0.784. The van der Waals surface area contributed by atoms with E-state index < -0.39 is 0 Å². The van der Waals surface area contributed by atoms with Gasteiger partial charge in [0, 0.05) is 0 Å². The summed E-state index contributed by atoms with van der Waals surface area (Å²) in [6, 6.07) is 7.54. The predicted molar refractivity (Wildman–Crippen MR) is 65.4 cm³/mol. The third-order valence-corrected chi connectivity index (χ3v) is 3.24. The molecule has 1 heterocycles. The Hall–Kier alpha value is -1.88. The fourth-order valence-electron chi connectivity index (χ4n) is 1.41. The van der Waals surface area contributed by atoms with Gasteiger partial charge in [0.2, 0.25) is 0 Å². The van der Waals surface area contributed by atoms with Crippen LogP contribution in [0.1, 0.15) is 9.67 Å². The maximum Gasteiger partial charge on any atom is 0.349 e. The Morgan fingerprint density at radius 1 is 1.29 bits per heavy atom. The van der Waals surface area contributed by atoms with Crippen molar-refractivity contribution in [3.63, 3.8) is 0 Å². The van der Waals surface area contributed by atoms with Gasteiger partial charge in [-0.2, -0.15) is 0 Å². The molecule has 0 saturated carbocycles. The summed E-state index contributed by atoms with van der Waals surface area (Å²) in [4.78, 5) is 16.0. The van der Waals surface area contributed by atoms with E-state index in [2.05, 4.69) is 9.72 Å². The Balaban J connectivity index is 2.40. The Labute approximate surface area is 103 Å². The van der Waals surface area contributed by atoms with E-state index in [9.17, 15) is 4.79 Å². The summed E-state index contributed by atoms with van der Waals surface area (Å²) in [5.41, 5.74) is 0.871. The van der Waals surface area contributed by atoms with Crippen molar-refractivity contribution >= 4 is 17.3 Å². The Morgan fingerprint density at radius 2 is 2.06 bits per heavy atom. The fourth-order valence-corrected chi connectivity index (χ4v) is 2.28. The van der Waals surface area contributed by atoms with E-state index in [0.29, 0.717) is 4.88 Å². The highest BCUT2D eigenvalue weighted by Crippen LogP contribution is 2.32. The summed E-state index contributed by atoms with van der Waals surface area (Å²) in [5, 5.41) is 0.739. The molecule has 0 aliphatic heterocycles. The van der Waals surface area contributed by atoms with Crippen LogP contribution in [0, 0.1) is 0 Å². The second-order valence-electron chi connectivity index (χ2n) is 3.22. The third-order valence-electron chi connectivity index (χ3n) is 2.23. The van der Waals surface area contributed by atoms with Crippen molar-refractivity contribution in [2.45, 2.75) is 0 Å². The van der Waals surface area contributed by atoms with Crippen LogP contribution in [-0.4, -0.2) is 25.2 Å². The smallest absolute Gasteiger partial charge is 0.349 e. The van der Waals surface area contributed by atoms with E-state index in [0.717, 1.165) is 16.3 Å². The van der Waals surface area contributed by atoms with Crippen molar-refractivity contribution < 1.29 is 14.3 Å². The first-order chi connectivity index (χ1) is 8.26. The molecule has 0 unspecified atom stereocenters. The van der Waals surface area contributed by atoms with Crippen molar-refractivity contribution in [2.24, 2.45) is 0 Å². The Bertz CT molecular complexity index is 536. The maximum atomic E-state index is 11.3. The zero-order valence-corrected chi connectivity index (χ0v) is 10.3. The molecule has 17 heavy (non-hydrogen) atoms. The minimum Gasteiger partial charge on any atom is -0.496 e. The number of ether oxygens (including phenoxy) is 2. The average molecular weight is 249 g/mol. The van der Waals surface area contributed by atoms with Gasteiger partial charge in [0.05, 0.1) is 26.0 Å². The summed E-state index contributed by atoms with van der Waals surface area (Å²) in [6.45, 7) is 0. The molecule has 0 saturated heterocycles. The number of carbonyl (C=O) groups is 1. The first-order valence-electron chi connectivity index (χ1n) is 4.93. The van der Waals surface area contributed by atoms with E-state index >= 15 is 0 Å². The molecule has 0 atom stereocenters. The number of benzene rings is 1. The topological polar surface area (TPSA) is 48.4 Å². The summed E-state index contributed by atoms with van der Waals surface area (Å²) in [5.74, 6) is 0.363. The van der Waals surface area contributed by atoms with E-state index in [1.54, 1.807) is 7.11 Å². The normalized spacial score (nSPS) is 10.0. The van der Waals surface area contributed by atoms with Gasteiger partial charge in [0.15, 0.2) is 0 Å². The van der Waals surface area contributed by atoms with Gasteiger partial charge in [-0.3, -0.25) is 0 Å². The average Bonchev–Trinajstić information content (AvgIpc) is 2.87. The van der Waals surface area contributed by atoms with E-state index in [1.165, 1.54) is 24.6 Å². The largest absolute Gasteiger partial charge is 0.496 e. The summed E-state index contributed by atoms with van der Waals surface area (Å²) < 4.78 is 9.89. The molecule has 5 heteroatoms. The van der Waals surface area contributed by atoms with E-state index in [1.807, 2.05) is 24.3 Å². The molecule has 88 valence electrons. The highest BCUT2D eigenvalue weighted by Gasteiger charge is 2.13. The van der Waals surface area contributed by atoms with Gasteiger partial charge in [0.1, 0.15) is 15.6 Å². The standard InChI is InChI=1S/C12H11NO3S/c1-15-9-6-4-3-5-8(9)11-13-7-10(17-11)12(14)16-2/h3-7H,1-2H3. The number of para-hydroxylation sites is 1. The van der Waals surface area contributed by atoms with Crippen LogP contribution >= 0.6 is 11.3 Å². The zero-order chi connectivity index (χ0) is 12.3. The molecule has 0 fully saturated rings. The monoisotopic (exact) mass is 249 g/mol.